The molecule has 5 heteroatoms. The molecular formula is C15H24N2O2S. The van der Waals surface area contributed by atoms with E-state index >= 15 is 0 Å². The normalized spacial score (nSPS) is 24.8. The van der Waals surface area contributed by atoms with Gasteiger partial charge >= 0.3 is 0 Å². The van der Waals surface area contributed by atoms with Crippen LogP contribution in [-0.2, 0) is 10.0 Å². The van der Waals surface area contributed by atoms with Gasteiger partial charge in [0.05, 0.1) is 4.90 Å². The number of sulfonamides is 1. The van der Waals surface area contributed by atoms with Crippen LogP contribution in [0.15, 0.2) is 29.2 Å². The molecule has 112 valence electrons. The summed E-state index contributed by atoms with van der Waals surface area (Å²) >= 11 is 0. The Balaban J connectivity index is 2.19. The third kappa shape index (κ3) is 3.05. The Bertz CT molecular complexity index is 557. The fourth-order valence-corrected chi connectivity index (χ4v) is 4.66. The minimum absolute atomic E-state index is 0.336. The molecule has 0 aliphatic carbocycles. The van der Waals surface area contributed by atoms with Gasteiger partial charge in [0.2, 0.25) is 10.0 Å². The summed E-state index contributed by atoms with van der Waals surface area (Å²) in [6.07, 6.45) is 0.875. The molecule has 2 atom stereocenters. The number of hydrogen-bond acceptors (Lipinski definition) is 3. The molecule has 1 aromatic rings. The second-order valence-electron chi connectivity index (χ2n) is 5.56. The van der Waals surface area contributed by atoms with E-state index in [1.54, 1.807) is 16.4 Å². The number of hydrogen-bond donors (Lipinski definition) is 1. The molecule has 0 bridgehead atoms. The van der Waals surface area contributed by atoms with Crippen molar-refractivity contribution >= 4 is 10.0 Å². The smallest absolute Gasteiger partial charge is 0.243 e. The standard InChI is InChI=1S/C15H24N2O2S/c1-4-16-14-9-10-17(11-13(14)3)20(18,19)15-8-6-5-7-12(15)2/h5-8,13-14,16H,4,9-11H2,1-3H3. The number of rotatable bonds is 4. The molecule has 0 radical (unpaired) electrons. The molecule has 0 saturated carbocycles. The van der Waals surface area contributed by atoms with Gasteiger partial charge in [-0.1, -0.05) is 32.0 Å². The van der Waals surface area contributed by atoms with Crippen LogP contribution in [0.1, 0.15) is 25.8 Å². The van der Waals surface area contributed by atoms with Crippen LogP contribution in [0, 0.1) is 12.8 Å². The summed E-state index contributed by atoms with van der Waals surface area (Å²) in [5, 5.41) is 3.44. The van der Waals surface area contributed by atoms with Crippen LogP contribution in [0.3, 0.4) is 0 Å². The van der Waals surface area contributed by atoms with E-state index in [0.717, 1.165) is 18.5 Å². The lowest BCUT2D eigenvalue weighted by atomic mass is 9.95. The Labute approximate surface area is 122 Å². The number of nitrogens with zero attached hydrogens (tertiary/aromatic N) is 1. The largest absolute Gasteiger partial charge is 0.314 e. The first kappa shape index (κ1) is 15.5. The van der Waals surface area contributed by atoms with Crippen LogP contribution >= 0.6 is 0 Å². The van der Waals surface area contributed by atoms with Crippen LogP contribution < -0.4 is 5.32 Å². The maximum absolute atomic E-state index is 12.7. The van der Waals surface area contributed by atoms with Gasteiger partial charge in [-0.3, -0.25) is 0 Å². The van der Waals surface area contributed by atoms with Crippen molar-refractivity contribution in [1.29, 1.82) is 0 Å². The van der Waals surface area contributed by atoms with E-state index < -0.39 is 10.0 Å². The zero-order valence-corrected chi connectivity index (χ0v) is 13.3. The third-order valence-electron chi connectivity index (χ3n) is 4.05. The van der Waals surface area contributed by atoms with Crippen molar-refractivity contribution in [3.63, 3.8) is 0 Å². The Morgan fingerprint density at radius 3 is 2.65 bits per heavy atom. The minimum atomic E-state index is -3.36. The van der Waals surface area contributed by atoms with Crippen LogP contribution in [-0.4, -0.2) is 38.4 Å². The van der Waals surface area contributed by atoms with Crippen LogP contribution in [0.4, 0.5) is 0 Å². The second kappa shape index (κ2) is 6.24. The summed E-state index contributed by atoms with van der Waals surface area (Å²) in [7, 11) is -3.36. The molecule has 1 heterocycles. The van der Waals surface area contributed by atoms with Crippen molar-refractivity contribution in [2.75, 3.05) is 19.6 Å². The molecule has 1 fully saturated rings. The van der Waals surface area contributed by atoms with E-state index in [9.17, 15) is 8.42 Å². The highest BCUT2D eigenvalue weighted by atomic mass is 32.2. The Morgan fingerprint density at radius 2 is 2.05 bits per heavy atom. The van der Waals surface area contributed by atoms with Gasteiger partial charge in [-0.25, -0.2) is 8.42 Å². The highest BCUT2D eigenvalue weighted by Gasteiger charge is 2.33. The predicted molar refractivity (Wildman–Crippen MR) is 81.2 cm³/mol. The van der Waals surface area contributed by atoms with Crippen molar-refractivity contribution in [1.82, 2.24) is 9.62 Å². The van der Waals surface area contributed by atoms with Gasteiger partial charge in [0, 0.05) is 19.1 Å². The molecule has 1 aromatic carbocycles. The van der Waals surface area contributed by atoms with E-state index in [1.807, 2.05) is 19.1 Å². The van der Waals surface area contributed by atoms with Crippen molar-refractivity contribution < 1.29 is 8.42 Å². The van der Waals surface area contributed by atoms with Crippen LogP contribution in [0.25, 0.3) is 0 Å². The van der Waals surface area contributed by atoms with Gasteiger partial charge in [0.15, 0.2) is 0 Å². The third-order valence-corrected chi connectivity index (χ3v) is 6.07. The molecule has 1 saturated heterocycles. The minimum Gasteiger partial charge on any atom is -0.314 e. The number of piperidine rings is 1. The van der Waals surface area contributed by atoms with Gasteiger partial charge < -0.3 is 5.32 Å². The van der Waals surface area contributed by atoms with Gasteiger partial charge in [-0.2, -0.15) is 4.31 Å². The van der Waals surface area contributed by atoms with Gasteiger partial charge in [0.25, 0.3) is 0 Å². The quantitative estimate of drug-likeness (QED) is 0.924. The second-order valence-corrected chi connectivity index (χ2v) is 7.47. The molecule has 2 unspecified atom stereocenters. The molecule has 2 rings (SSSR count). The summed E-state index contributed by atoms with van der Waals surface area (Å²) in [6.45, 7) is 8.17. The average Bonchev–Trinajstić information content (AvgIpc) is 2.41. The van der Waals surface area contributed by atoms with Crippen molar-refractivity contribution in [3.8, 4) is 0 Å². The molecule has 1 N–H and O–H groups in total. The number of benzene rings is 1. The zero-order valence-electron chi connectivity index (χ0n) is 12.5. The molecular weight excluding hydrogens is 272 g/mol. The molecule has 1 aliphatic heterocycles. The zero-order chi connectivity index (χ0) is 14.8. The van der Waals surface area contributed by atoms with E-state index in [4.69, 9.17) is 0 Å². The monoisotopic (exact) mass is 296 g/mol. The van der Waals surface area contributed by atoms with Crippen LogP contribution in [0.2, 0.25) is 0 Å². The lowest BCUT2D eigenvalue weighted by Crippen LogP contribution is -2.50. The van der Waals surface area contributed by atoms with Crippen molar-refractivity contribution in [3.05, 3.63) is 29.8 Å². The molecule has 1 aliphatic rings. The Morgan fingerprint density at radius 1 is 1.35 bits per heavy atom. The van der Waals surface area contributed by atoms with Gasteiger partial charge in [-0.05, 0) is 37.4 Å². The van der Waals surface area contributed by atoms with Crippen LogP contribution in [0.5, 0.6) is 0 Å². The van der Waals surface area contributed by atoms with E-state index in [0.29, 0.717) is 29.9 Å². The molecule has 0 amide bonds. The SMILES string of the molecule is CCNC1CCN(S(=O)(=O)c2ccccc2C)CC1C. The molecule has 4 nitrogen and oxygen atoms in total. The predicted octanol–water partition coefficient (Wildman–Crippen LogP) is 2.00. The van der Waals surface area contributed by atoms with Gasteiger partial charge in [0.1, 0.15) is 0 Å². The summed E-state index contributed by atoms with van der Waals surface area (Å²) in [5.74, 6) is 0.336. The fourth-order valence-electron chi connectivity index (χ4n) is 2.88. The average molecular weight is 296 g/mol. The van der Waals surface area contributed by atoms with Crippen molar-refractivity contribution in [2.45, 2.75) is 38.1 Å². The Hall–Kier alpha value is -0.910. The highest BCUT2D eigenvalue weighted by Crippen LogP contribution is 2.25. The first-order valence-corrected chi connectivity index (χ1v) is 8.70. The highest BCUT2D eigenvalue weighted by molar-refractivity contribution is 7.89. The van der Waals surface area contributed by atoms with E-state index in [2.05, 4.69) is 19.2 Å². The first-order valence-electron chi connectivity index (χ1n) is 7.26. The summed E-state index contributed by atoms with van der Waals surface area (Å²) in [6, 6.07) is 7.62. The maximum Gasteiger partial charge on any atom is 0.243 e. The molecule has 0 spiro atoms. The fraction of sp³-hybridized carbons (Fsp3) is 0.600. The number of nitrogens with one attached hydrogen (secondary N) is 1. The lowest BCUT2D eigenvalue weighted by molar-refractivity contribution is 0.222. The Kier molecular flexibility index (Phi) is 4.83. The topological polar surface area (TPSA) is 49.4 Å². The van der Waals surface area contributed by atoms with Gasteiger partial charge in [-0.15, -0.1) is 0 Å². The summed E-state index contributed by atoms with van der Waals surface area (Å²) in [4.78, 5) is 0.439. The molecule has 20 heavy (non-hydrogen) atoms. The van der Waals surface area contributed by atoms with E-state index in [1.165, 1.54) is 0 Å². The number of aryl methyl sites for hydroxylation is 1. The summed E-state index contributed by atoms with van der Waals surface area (Å²) in [5.41, 5.74) is 0.814. The van der Waals surface area contributed by atoms with E-state index in [-0.39, 0.29) is 0 Å². The summed E-state index contributed by atoms with van der Waals surface area (Å²) < 4.78 is 27.1. The lowest BCUT2D eigenvalue weighted by Gasteiger charge is -2.36. The maximum atomic E-state index is 12.7. The molecule has 0 aromatic heterocycles. The first-order chi connectivity index (χ1) is 9.46. The van der Waals surface area contributed by atoms with Crippen molar-refractivity contribution in [2.24, 2.45) is 5.92 Å².